The molecule has 3 atom stereocenters. The van der Waals surface area contributed by atoms with Gasteiger partial charge in [0.2, 0.25) is 5.95 Å². The second-order valence-electron chi connectivity index (χ2n) is 5.26. The third kappa shape index (κ3) is 1.78. The van der Waals surface area contributed by atoms with Crippen LogP contribution in [0.15, 0.2) is 11.1 Å². The van der Waals surface area contributed by atoms with Gasteiger partial charge in [-0.1, -0.05) is 0 Å². The van der Waals surface area contributed by atoms with Crippen molar-refractivity contribution in [1.82, 2.24) is 19.1 Å². The first-order valence-corrected chi connectivity index (χ1v) is 6.84. The van der Waals surface area contributed by atoms with Gasteiger partial charge in [-0.15, -0.1) is 0 Å². The molecule has 1 fully saturated rings. The van der Waals surface area contributed by atoms with Crippen LogP contribution in [-0.4, -0.2) is 54.7 Å². The molecule has 9 nitrogen and oxygen atoms in total. The molecule has 112 valence electrons. The van der Waals surface area contributed by atoms with Crippen LogP contribution in [-0.2, 0) is 11.3 Å². The fourth-order valence-corrected chi connectivity index (χ4v) is 2.88. The Morgan fingerprint density at radius 1 is 1.52 bits per heavy atom. The predicted octanol–water partition coefficient (Wildman–Crippen LogP) is -1.34. The Hall–Kier alpha value is -1.97. The smallest absolute Gasteiger partial charge is 0.283 e. The van der Waals surface area contributed by atoms with Crippen LogP contribution in [0, 0.1) is 0 Å². The SMILES string of the molecule is O=c1c2ncn(C3C[C@H](O)[C@@H](CO)O3)c2nc2n1CCN2. The zero-order chi connectivity index (χ0) is 14.6. The van der Waals surface area contributed by atoms with E-state index in [1.54, 1.807) is 9.13 Å². The zero-order valence-corrected chi connectivity index (χ0v) is 11.1. The van der Waals surface area contributed by atoms with E-state index in [1.165, 1.54) is 6.33 Å². The molecule has 1 saturated heterocycles. The van der Waals surface area contributed by atoms with Crippen LogP contribution in [0.1, 0.15) is 12.6 Å². The van der Waals surface area contributed by atoms with Crippen molar-refractivity contribution in [3.8, 4) is 0 Å². The first-order chi connectivity index (χ1) is 10.2. The van der Waals surface area contributed by atoms with E-state index in [2.05, 4.69) is 15.3 Å². The van der Waals surface area contributed by atoms with Gasteiger partial charge in [0.1, 0.15) is 12.3 Å². The molecule has 21 heavy (non-hydrogen) atoms. The van der Waals surface area contributed by atoms with Gasteiger partial charge in [-0.25, -0.2) is 4.98 Å². The van der Waals surface area contributed by atoms with Crippen LogP contribution in [0.3, 0.4) is 0 Å². The largest absolute Gasteiger partial charge is 0.394 e. The average molecular weight is 293 g/mol. The quantitative estimate of drug-likeness (QED) is 0.627. The minimum absolute atomic E-state index is 0.184. The third-order valence-electron chi connectivity index (χ3n) is 4.00. The van der Waals surface area contributed by atoms with Gasteiger partial charge in [-0.2, -0.15) is 4.98 Å². The van der Waals surface area contributed by atoms with Crippen LogP contribution in [0.4, 0.5) is 5.95 Å². The van der Waals surface area contributed by atoms with E-state index in [9.17, 15) is 9.90 Å². The first-order valence-electron chi connectivity index (χ1n) is 6.84. The minimum atomic E-state index is -0.744. The standard InChI is InChI=1S/C12H15N5O4/c18-4-7-6(19)3-8(21-7)17-5-14-9-10(17)15-12-13-1-2-16(12)11(9)20/h5-8,18-19H,1-4H2,(H,13,15)/t6-,7+,8?/m0/s1. The summed E-state index contributed by atoms with van der Waals surface area (Å²) in [6.07, 6.45) is -0.0402. The Kier molecular flexibility index (Phi) is 2.74. The minimum Gasteiger partial charge on any atom is -0.394 e. The lowest BCUT2D eigenvalue weighted by Gasteiger charge is -2.13. The maximum Gasteiger partial charge on any atom is 0.283 e. The van der Waals surface area contributed by atoms with Crippen molar-refractivity contribution in [2.75, 3.05) is 18.5 Å². The number of ether oxygens (including phenoxy) is 1. The summed E-state index contributed by atoms with van der Waals surface area (Å²) in [6, 6.07) is 0. The van der Waals surface area contributed by atoms with Crippen LogP contribution >= 0.6 is 0 Å². The summed E-state index contributed by atoms with van der Waals surface area (Å²) in [5.41, 5.74) is 0.528. The van der Waals surface area contributed by atoms with E-state index < -0.39 is 18.4 Å². The van der Waals surface area contributed by atoms with Crippen LogP contribution in [0.5, 0.6) is 0 Å². The van der Waals surface area contributed by atoms with Crippen LogP contribution < -0.4 is 10.9 Å². The molecular weight excluding hydrogens is 278 g/mol. The summed E-state index contributed by atoms with van der Waals surface area (Å²) >= 11 is 0. The lowest BCUT2D eigenvalue weighted by Crippen LogP contribution is -2.24. The van der Waals surface area contributed by atoms with Gasteiger partial charge in [0.15, 0.2) is 11.2 Å². The fraction of sp³-hybridized carbons (Fsp3) is 0.583. The second kappa shape index (κ2) is 4.52. The molecule has 0 aromatic carbocycles. The lowest BCUT2D eigenvalue weighted by molar-refractivity contribution is -0.0432. The number of hydrogen-bond donors (Lipinski definition) is 3. The number of nitrogens with zero attached hydrogens (tertiary/aromatic N) is 4. The Morgan fingerprint density at radius 3 is 3.14 bits per heavy atom. The summed E-state index contributed by atoms with van der Waals surface area (Å²) in [6.45, 7) is 0.993. The molecule has 3 N–H and O–H groups in total. The Labute approximate surface area is 118 Å². The molecule has 0 aliphatic carbocycles. The molecule has 0 bridgehead atoms. The molecule has 9 heteroatoms. The van der Waals surface area contributed by atoms with Crippen molar-refractivity contribution in [3.05, 3.63) is 16.7 Å². The van der Waals surface area contributed by atoms with Gasteiger partial charge in [0.05, 0.1) is 19.0 Å². The molecule has 2 aromatic heterocycles. The van der Waals surface area contributed by atoms with E-state index in [0.717, 1.165) is 0 Å². The van der Waals surface area contributed by atoms with Gasteiger partial charge in [-0.05, 0) is 0 Å². The number of rotatable bonds is 2. The van der Waals surface area contributed by atoms with E-state index >= 15 is 0 Å². The predicted molar refractivity (Wildman–Crippen MR) is 71.9 cm³/mol. The molecule has 0 saturated carbocycles. The number of aromatic nitrogens is 4. The van der Waals surface area contributed by atoms with Crippen LogP contribution in [0.2, 0.25) is 0 Å². The monoisotopic (exact) mass is 293 g/mol. The molecule has 4 rings (SSSR count). The summed E-state index contributed by atoms with van der Waals surface area (Å²) in [5, 5.41) is 22.0. The molecule has 2 aliphatic rings. The van der Waals surface area contributed by atoms with Crippen LogP contribution in [0.25, 0.3) is 11.2 Å². The normalized spacial score (nSPS) is 28.0. The molecule has 2 aliphatic heterocycles. The summed E-state index contributed by atoms with van der Waals surface area (Å²) in [4.78, 5) is 20.9. The van der Waals surface area contributed by atoms with E-state index in [-0.39, 0.29) is 17.7 Å². The lowest BCUT2D eigenvalue weighted by atomic mass is 10.2. The van der Waals surface area contributed by atoms with Crippen molar-refractivity contribution in [2.24, 2.45) is 0 Å². The second-order valence-corrected chi connectivity index (χ2v) is 5.26. The summed E-state index contributed by atoms with van der Waals surface area (Å²) in [7, 11) is 0. The van der Waals surface area contributed by atoms with Crippen molar-refractivity contribution in [2.45, 2.75) is 31.4 Å². The van der Waals surface area contributed by atoms with Gasteiger partial charge < -0.3 is 20.3 Å². The molecule has 0 amide bonds. The highest BCUT2D eigenvalue weighted by atomic mass is 16.5. The topological polar surface area (TPSA) is 114 Å². The average Bonchev–Trinajstić information content (AvgIpc) is 3.16. The zero-order valence-electron chi connectivity index (χ0n) is 11.1. The van der Waals surface area contributed by atoms with Gasteiger partial charge in [0, 0.05) is 19.5 Å². The molecule has 2 aromatic rings. The summed E-state index contributed by atoms with van der Waals surface area (Å²) < 4.78 is 8.78. The molecule has 4 heterocycles. The number of hydrogen-bond acceptors (Lipinski definition) is 7. The molecule has 1 unspecified atom stereocenters. The molecular formula is C12H15N5O4. The highest BCUT2D eigenvalue weighted by Gasteiger charge is 2.35. The maximum atomic E-state index is 12.3. The highest BCUT2D eigenvalue weighted by Crippen LogP contribution is 2.30. The van der Waals surface area contributed by atoms with E-state index in [4.69, 9.17) is 9.84 Å². The first kappa shape index (κ1) is 12.7. The van der Waals surface area contributed by atoms with E-state index in [0.29, 0.717) is 31.1 Å². The number of nitrogens with one attached hydrogen (secondary N) is 1. The number of aliphatic hydroxyl groups excluding tert-OH is 2. The number of imidazole rings is 1. The molecule has 0 spiro atoms. The maximum absolute atomic E-state index is 12.3. The molecule has 0 radical (unpaired) electrons. The third-order valence-corrected chi connectivity index (χ3v) is 4.00. The summed E-state index contributed by atoms with van der Waals surface area (Å²) in [5.74, 6) is 0.520. The number of fused-ring (bicyclic) bond motifs is 2. The van der Waals surface area contributed by atoms with Crippen molar-refractivity contribution in [3.63, 3.8) is 0 Å². The van der Waals surface area contributed by atoms with Crippen molar-refractivity contribution >= 4 is 17.1 Å². The number of aliphatic hydroxyl groups is 2. The van der Waals surface area contributed by atoms with Crippen molar-refractivity contribution < 1.29 is 14.9 Å². The fourth-order valence-electron chi connectivity index (χ4n) is 2.88. The Bertz CT molecular complexity index is 754. The van der Waals surface area contributed by atoms with Gasteiger partial charge in [-0.3, -0.25) is 13.9 Å². The van der Waals surface area contributed by atoms with Crippen molar-refractivity contribution in [1.29, 1.82) is 0 Å². The Morgan fingerprint density at radius 2 is 2.38 bits per heavy atom. The van der Waals surface area contributed by atoms with E-state index in [1.807, 2.05) is 0 Å². The van der Waals surface area contributed by atoms with Gasteiger partial charge >= 0.3 is 0 Å². The van der Waals surface area contributed by atoms with Gasteiger partial charge in [0.25, 0.3) is 5.56 Å². The number of anilines is 1. The Balaban J connectivity index is 1.81. The highest BCUT2D eigenvalue weighted by molar-refractivity contribution is 5.71.